The number of anilines is 1. The summed E-state index contributed by atoms with van der Waals surface area (Å²) in [7, 11) is 0. The zero-order chi connectivity index (χ0) is 29.7. The van der Waals surface area contributed by atoms with Gasteiger partial charge in [0.25, 0.3) is 11.8 Å². The van der Waals surface area contributed by atoms with Crippen LogP contribution in [0.3, 0.4) is 0 Å². The van der Waals surface area contributed by atoms with Crippen molar-refractivity contribution in [1.82, 2.24) is 9.80 Å². The van der Waals surface area contributed by atoms with Crippen LogP contribution in [0.1, 0.15) is 49.8 Å². The van der Waals surface area contributed by atoms with Crippen molar-refractivity contribution >= 4 is 29.5 Å². The van der Waals surface area contributed by atoms with E-state index < -0.39 is 41.8 Å². The first-order valence-electron chi connectivity index (χ1n) is 13.5. The molecule has 0 aromatic heterocycles. The van der Waals surface area contributed by atoms with Crippen molar-refractivity contribution in [2.24, 2.45) is 11.7 Å². The molecule has 1 spiro atoms. The molecule has 5 rings (SSSR count). The largest absolute Gasteiger partial charge is 0.427 e. The number of fused-ring (bicyclic) bond motifs is 2. The van der Waals surface area contributed by atoms with E-state index in [-0.39, 0.29) is 30.5 Å². The lowest BCUT2D eigenvalue weighted by Crippen LogP contribution is -2.52. The summed E-state index contributed by atoms with van der Waals surface area (Å²) in [5.74, 6) is -2.11. The monoisotopic (exact) mass is 572 g/mol. The molecule has 9 nitrogen and oxygen atoms in total. The third-order valence-electron chi connectivity index (χ3n) is 8.23. The fraction of sp³-hybridized carbons (Fsp3) is 0.448. The second kappa shape index (κ2) is 10.5. The van der Waals surface area contributed by atoms with E-state index in [9.17, 15) is 32.3 Å². The van der Waals surface area contributed by atoms with Crippen LogP contribution in [0.2, 0.25) is 0 Å². The lowest BCUT2D eigenvalue weighted by atomic mass is 9.94. The van der Waals surface area contributed by atoms with Gasteiger partial charge < -0.3 is 20.7 Å². The number of benzene rings is 2. The number of aryl methyl sites for hydroxylation is 1. The third kappa shape index (κ3) is 5.28. The summed E-state index contributed by atoms with van der Waals surface area (Å²) in [6.07, 6.45) is -3.47. The number of imide groups is 1. The number of nitrogens with zero attached hydrogens (tertiary/aromatic N) is 2. The van der Waals surface area contributed by atoms with Gasteiger partial charge in [0.15, 0.2) is 6.04 Å². The van der Waals surface area contributed by atoms with E-state index in [1.807, 2.05) is 37.3 Å². The first-order valence-corrected chi connectivity index (χ1v) is 13.5. The first kappa shape index (κ1) is 28.6. The number of alkyl halides is 3. The minimum Gasteiger partial charge on any atom is -0.427 e. The summed E-state index contributed by atoms with van der Waals surface area (Å²) in [6.45, 7) is 3.82. The Bertz CT molecular complexity index is 1380. The maximum absolute atomic E-state index is 13.8. The molecule has 0 bridgehead atoms. The number of rotatable bonds is 8. The van der Waals surface area contributed by atoms with Crippen molar-refractivity contribution in [2.75, 3.05) is 5.32 Å². The minimum absolute atomic E-state index is 0.0632. The maximum Gasteiger partial charge on any atom is 0.418 e. The Morgan fingerprint density at radius 2 is 1.83 bits per heavy atom. The lowest BCUT2D eigenvalue weighted by Gasteiger charge is -2.33. The molecule has 1 saturated carbocycles. The number of hydrogen-bond acceptors (Lipinski definition) is 6. The molecule has 41 heavy (non-hydrogen) atoms. The highest BCUT2D eigenvalue weighted by molar-refractivity contribution is 6.07. The Labute approximate surface area is 234 Å². The molecule has 1 aliphatic heterocycles. The molecule has 1 heterocycles. The highest BCUT2D eigenvalue weighted by Gasteiger charge is 2.60. The van der Waals surface area contributed by atoms with Crippen molar-refractivity contribution in [3.05, 3.63) is 65.2 Å². The molecule has 3 N–H and O–H groups in total. The van der Waals surface area contributed by atoms with E-state index in [1.54, 1.807) is 4.90 Å². The van der Waals surface area contributed by atoms with Crippen LogP contribution >= 0.6 is 0 Å². The first-order chi connectivity index (χ1) is 19.3. The van der Waals surface area contributed by atoms with Crippen LogP contribution in [0.4, 0.5) is 23.7 Å². The standard InChI is InChI=1S/C29H31F3N4O5/c1-16(19-8-9-19)35(15-18-6-4-3-5-7-18)25(38)17(2)36-26(39)28(41-27(36)40)13-12-20-14-21(10-11-22(20)28)34-24(37)23(33)29(30,31)32/h3-7,10-11,14,16-17,19,23H,8-9,12-13,15,33H2,1-2H3,(H,34,37)/t16-,17?,23+,28-/m0/s1. The molecule has 2 aromatic rings. The minimum atomic E-state index is -4.90. The quantitative estimate of drug-likeness (QED) is 0.496. The van der Waals surface area contributed by atoms with Gasteiger partial charge >= 0.3 is 12.3 Å². The van der Waals surface area contributed by atoms with Gasteiger partial charge in [0.2, 0.25) is 11.5 Å². The smallest absolute Gasteiger partial charge is 0.418 e. The van der Waals surface area contributed by atoms with Crippen molar-refractivity contribution in [2.45, 2.75) is 76.0 Å². The van der Waals surface area contributed by atoms with Gasteiger partial charge in [-0.05, 0) is 62.3 Å². The van der Waals surface area contributed by atoms with Gasteiger partial charge in [-0.3, -0.25) is 14.4 Å². The number of amides is 4. The van der Waals surface area contributed by atoms with Crippen LogP contribution in [0.5, 0.6) is 0 Å². The van der Waals surface area contributed by atoms with Crippen LogP contribution in [0, 0.1) is 5.92 Å². The van der Waals surface area contributed by atoms with Crippen molar-refractivity contribution < 1.29 is 37.1 Å². The average molecular weight is 573 g/mol. The predicted molar refractivity (Wildman–Crippen MR) is 141 cm³/mol. The van der Waals surface area contributed by atoms with E-state index in [0.717, 1.165) is 23.3 Å². The summed E-state index contributed by atoms with van der Waals surface area (Å²) in [5.41, 5.74) is 5.20. The molecule has 2 fully saturated rings. The summed E-state index contributed by atoms with van der Waals surface area (Å²) in [6, 6.07) is 9.77. The van der Waals surface area contributed by atoms with E-state index in [2.05, 4.69) is 5.32 Å². The Morgan fingerprint density at radius 3 is 2.46 bits per heavy atom. The van der Waals surface area contributed by atoms with Gasteiger partial charge in [0, 0.05) is 30.3 Å². The Balaban J connectivity index is 1.36. The van der Waals surface area contributed by atoms with Crippen LogP contribution in [0.15, 0.2) is 48.5 Å². The van der Waals surface area contributed by atoms with Gasteiger partial charge in [-0.25, -0.2) is 9.69 Å². The fourth-order valence-electron chi connectivity index (χ4n) is 5.65. The number of nitrogens with one attached hydrogen (secondary N) is 1. The van der Waals surface area contributed by atoms with Gasteiger partial charge in [0.1, 0.15) is 6.04 Å². The predicted octanol–water partition coefficient (Wildman–Crippen LogP) is 3.85. The average Bonchev–Trinajstić information content (AvgIpc) is 3.68. The SMILES string of the molecule is CC(C(=O)N(Cc1ccccc1)[C@@H](C)C1CC1)N1C(=O)O[C@]2(CCc3cc(NC(=O)[C@@H](N)C(F)(F)F)ccc32)C1=O. The zero-order valence-electron chi connectivity index (χ0n) is 22.6. The molecule has 3 aliphatic rings. The fourth-order valence-corrected chi connectivity index (χ4v) is 5.65. The molecule has 4 amide bonds. The second-order valence-corrected chi connectivity index (χ2v) is 11.0. The number of nitrogens with two attached hydrogens (primary N) is 1. The number of halogens is 3. The number of carbonyl (C=O) groups is 4. The molecule has 4 atom stereocenters. The number of carbonyl (C=O) groups excluding carboxylic acids is 4. The third-order valence-corrected chi connectivity index (χ3v) is 8.23. The van der Waals surface area contributed by atoms with Crippen LogP contribution in [0.25, 0.3) is 0 Å². The zero-order valence-corrected chi connectivity index (χ0v) is 22.6. The normalized spacial score (nSPS) is 22.2. The summed E-state index contributed by atoms with van der Waals surface area (Å²) < 4.78 is 44.1. The van der Waals surface area contributed by atoms with E-state index in [1.165, 1.54) is 25.1 Å². The molecular formula is C29H31F3N4O5. The topological polar surface area (TPSA) is 122 Å². The molecule has 2 aromatic carbocycles. The van der Waals surface area contributed by atoms with Gasteiger partial charge in [-0.1, -0.05) is 36.4 Å². The molecule has 0 radical (unpaired) electrons. The van der Waals surface area contributed by atoms with Gasteiger partial charge in [0.05, 0.1) is 0 Å². The summed E-state index contributed by atoms with van der Waals surface area (Å²) >= 11 is 0. The van der Waals surface area contributed by atoms with Crippen molar-refractivity contribution in [3.63, 3.8) is 0 Å². The molecule has 1 unspecified atom stereocenters. The summed E-state index contributed by atoms with van der Waals surface area (Å²) in [4.78, 5) is 55.2. The number of hydrogen-bond donors (Lipinski definition) is 2. The molecule has 2 aliphatic carbocycles. The Morgan fingerprint density at radius 1 is 1.15 bits per heavy atom. The van der Waals surface area contributed by atoms with Crippen LogP contribution < -0.4 is 11.1 Å². The van der Waals surface area contributed by atoms with E-state index in [0.29, 0.717) is 23.6 Å². The highest BCUT2D eigenvalue weighted by atomic mass is 19.4. The number of ether oxygens (including phenoxy) is 1. The molecular weight excluding hydrogens is 541 g/mol. The molecule has 218 valence electrons. The molecule has 12 heteroatoms. The lowest BCUT2D eigenvalue weighted by molar-refractivity contribution is -0.159. The van der Waals surface area contributed by atoms with Crippen molar-refractivity contribution in [1.29, 1.82) is 0 Å². The second-order valence-electron chi connectivity index (χ2n) is 11.0. The van der Waals surface area contributed by atoms with Crippen molar-refractivity contribution in [3.8, 4) is 0 Å². The Kier molecular flexibility index (Phi) is 7.31. The van der Waals surface area contributed by atoms with E-state index in [4.69, 9.17) is 10.5 Å². The van der Waals surface area contributed by atoms with Gasteiger partial charge in [-0.15, -0.1) is 0 Å². The molecule has 1 saturated heterocycles. The Hall–Kier alpha value is -3.93. The highest BCUT2D eigenvalue weighted by Crippen LogP contribution is 2.47. The summed E-state index contributed by atoms with van der Waals surface area (Å²) in [5, 5.41) is 2.14. The van der Waals surface area contributed by atoms with E-state index >= 15 is 0 Å². The van der Waals surface area contributed by atoms with Crippen LogP contribution in [-0.4, -0.2) is 57.9 Å². The maximum atomic E-state index is 13.8. The van der Waals surface area contributed by atoms with Gasteiger partial charge in [-0.2, -0.15) is 13.2 Å². The van der Waals surface area contributed by atoms with Crippen LogP contribution in [-0.2, 0) is 37.7 Å².